The first-order valence-electron chi connectivity index (χ1n) is 14.1. The van der Waals surface area contributed by atoms with Gasteiger partial charge in [-0.3, -0.25) is 23.7 Å². The number of anilines is 2. The molecule has 2 aliphatic heterocycles. The van der Waals surface area contributed by atoms with Crippen LogP contribution < -0.4 is 19.8 Å². The number of amides is 3. The number of hydrogen-bond acceptors (Lipinski definition) is 10. The van der Waals surface area contributed by atoms with Gasteiger partial charge in [-0.2, -0.15) is 0 Å². The van der Waals surface area contributed by atoms with Gasteiger partial charge < -0.3 is 19.9 Å². The molecule has 1 saturated heterocycles. The maximum atomic E-state index is 14.0. The Bertz CT molecular complexity index is 1920. The average molecular weight is 680 g/mol. The normalized spacial score (nSPS) is 18.6. The summed E-state index contributed by atoms with van der Waals surface area (Å²) >= 11 is 8.03. The minimum atomic E-state index is -0.904. The Morgan fingerprint density at radius 1 is 1.00 bits per heavy atom. The lowest BCUT2D eigenvalue weighted by atomic mass is 9.83. The van der Waals surface area contributed by atoms with Gasteiger partial charge in [-0.15, -0.1) is 0 Å². The van der Waals surface area contributed by atoms with Crippen molar-refractivity contribution in [2.45, 2.75) is 29.7 Å². The number of carbonyl (C=O) groups is 4. The van der Waals surface area contributed by atoms with Gasteiger partial charge in [-0.25, -0.2) is 9.69 Å². The minimum absolute atomic E-state index is 0.109. The number of carbonyl (C=O) groups excluding carboxylic acids is 4. The van der Waals surface area contributed by atoms with Crippen LogP contribution in [-0.4, -0.2) is 52.3 Å². The van der Waals surface area contributed by atoms with Crippen molar-refractivity contribution in [3.63, 3.8) is 0 Å². The third-order valence-corrected chi connectivity index (χ3v) is 10.5. The van der Waals surface area contributed by atoms with Crippen molar-refractivity contribution in [3.8, 4) is 11.5 Å². The molecular weight excluding hydrogens is 654 g/mol. The van der Waals surface area contributed by atoms with Crippen LogP contribution in [0.2, 0.25) is 5.02 Å². The first kappa shape index (κ1) is 31.4. The van der Waals surface area contributed by atoms with Crippen molar-refractivity contribution in [1.82, 2.24) is 4.57 Å². The van der Waals surface area contributed by atoms with Crippen molar-refractivity contribution >= 4 is 69.8 Å². The Hall–Kier alpha value is -4.59. The van der Waals surface area contributed by atoms with Crippen molar-refractivity contribution < 1.29 is 33.8 Å². The molecule has 0 radical (unpaired) electrons. The fraction of sp³-hybridized carbons (Fsp3) is 0.219. The van der Waals surface area contributed by atoms with E-state index in [0.717, 1.165) is 28.0 Å². The molecule has 2 N–H and O–H groups in total. The fourth-order valence-electron chi connectivity index (χ4n) is 5.59. The smallest absolute Gasteiger partial charge is 0.338 e. The molecule has 4 aromatic rings. The molecular formula is C32H26ClN3O8S2. The van der Waals surface area contributed by atoms with E-state index in [0.29, 0.717) is 37.4 Å². The molecule has 3 atom stereocenters. The number of aromatic hydroxyl groups is 1. The Balaban J connectivity index is 1.36. The molecule has 0 saturated carbocycles. The van der Waals surface area contributed by atoms with Crippen molar-refractivity contribution in [1.29, 1.82) is 0 Å². The van der Waals surface area contributed by atoms with Crippen LogP contribution in [0.3, 0.4) is 0 Å². The van der Waals surface area contributed by atoms with Gasteiger partial charge in [0.25, 0.3) is 0 Å². The zero-order valence-electron chi connectivity index (χ0n) is 24.4. The van der Waals surface area contributed by atoms with Crippen LogP contribution in [0.5, 0.6) is 11.5 Å². The van der Waals surface area contributed by atoms with Crippen LogP contribution in [0.25, 0.3) is 0 Å². The number of nitrogens with zero attached hydrogens (tertiary/aromatic N) is 2. The number of rotatable bonds is 8. The number of benzene rings is 3. The summed E-state index contributed by atoms with van der Waals surface area (Å²) in [5, 5.41) is 12.9. The molecule has 14 heteroatoms. The highest BCUT2D eigenvalue weighted by molar-refractivity contribution is 8.00. The standard InChI is InChI=1S/C32H26ClN3O8S2/c1-3-44-31(41)16-4-9-19(10-5-16)34-23(38)15-35-30-27(46-32(35)42)24(17-6-13-21(37)22(14-17)43-2)25-26(45-30)29(40)36(28(25)39)20-11-7-18(33)8-12-20/h4-14,24-26,37H,3,15H2,1-2H3,(H,34,38)/t24-,25+,26-/m0/s1. The lowest BCUT2D eigenvalue weighted by Gasteiger charge is -2.31. The number of imide groups is 1. The molecule has 0 spiro atoms. The molecule has 0 aliphatic carbocycles. The number of aromatic nitrogens is 1. The number of halogens is 1. The van der Waals surface area contributed by atoms with Gasteiger partial charge in [-0.1, -0.05) is 40.8 Å². The third-order valence-electron chi connectivity index (χ3n) is 7.68. The predicted octanol–water partition coefficient (Wildman–Crippen LogP) is 4.89. The summed E-state index contributed by atoms with van der Waals surface area (Å²) in [7, 11) is 1.40. The second-order valence-electron chi connectivity index (χ2n) is 10.4. The number of ether oxygens (including phenoxy) is 2. The maximum Gasteiger partial charge on any atom is 0.338 e. The van der Waals surface area contributed by atoms with E-state index in [1.165, 1.54) is 29.9 Å². The summed E-state index contributed by atoms with van der Waals surface area (Å²) in [4.78, 5) is 67.7. The third kappa shape index (κ3) is 5.65. The van der Waals surface area contributed by atoms with E-state index in [2.05, 4.69) is 5.32 Å². The zero-order valence-corrected chi connectivity index (χ0v) is 26.8. The molecule has 3 amide bonds. The van der Waals surface area contributed by atoms with Gasteiger partial charge in [0, 0.05) is 21.5 Å². The van der Waals surface area contributed by atoms with Gasteiger partial charge >= 0.3 is 10.8 Å². The van der Waals surface area contributed by atoms with Gasteiger partial charge in [0.2, 0.25) is 17.7 Å². The van der Waals surface area contributed by atoms with Crippen LogP contribution in [0, 0.1) is 5.92 Å². The quantitative estimate of drug-likeness (QED) is 0.197. The summed E-state index contributed by atoms with van der Waals surface area (Å²) in [6.07, 6.45) is 0. The highest BCUT2D eigenvalue weighted by Crippen LogP contribution is 2.54. The van der Waals surface area contributed by atoms with Crippen molar-refractivity contribution in [3.05, 3.63) is 97.4 Å². The molecule has 46 heavy (non-hydrogen) atoms. The number of esters is 1. The van der Waals surface area contributed by atoms with E-state index in [4.69, 9.17) is 21.1 Å². The van der Waals surface area contributed by atoms with E-state index >= 15 is 0 Å². The number of phenolic OH excluding ortho intramolecular Hbond substituents is 1. The molecule has 11 nitrogen and oxygen atoms in total. The van der Waals surface area contributed by atoms with Gasteiger partial charge in [0.15, 0.2) is 11.5 Å². The second kappa shape index (κ2) is 12.7. The number of hydrogen-bond donors (Lipinski definition) is 2. The van der Waals surface area contributed by atoms with E-state index in [1.807, 2.05) is 0 Å². The molecule has 3 heterocycles. The molecule has 6 rings (SSSR count). The lowest BCUT2D eigenvalue weighted by Crippen LogP contribution is -2.33. The van der Waals surface area contributed by atoms with Gasteiger partial charge in [0.1, 0.15) is 11.8 Å². The van der Waals surface area contributed by atoms with E-state index in [1.54, 1.807) is 55.5 Å². The first-order valence-corrected chi connectivity index (χ1v) is 16.2. The highest BCUT2D eigenvalue weighted by atomic mass is 35.5. The fourth-order valence-corrected chi connectivity index (χ4v) is 8.49. The largest absolute Gasteiger partial charge is 0.504 e. The lowest BCUT2D eigenvalue weighted by molar-refractivity contribution is -0.122. The Morgan fingerprint density at radius 3 is 2.39 bits per heavy atom. The number of fused-ring (bicyclic) bond motifs is 2. The predicted molar refractivity (Wildman–Crippen MR) is 173 cm³/mol. The number of nitrogens with one attached hydrogen (secondary N) is 1. The summed E-state index contributed by atoms with van der Waals surface area (Å²) in [6.45, 7) is 1.58. The second-order valence-corrected chi connectivity index (χ2v) is 13.0. The molecule has 0 unspecified atom stereocenters. The molecule has 236 valence electrons. The summed E-state index contributed by atoms with van der Waals surface area (Å²) in [5.41, 5.74) is 1.66. The number of thiazole rings is 1. The van der Waals surface area contributed by atoms with Crippen LogP contribution in [-0.2, 0) is 25.7 Å². The summed E-state index contributed by atoms with van der Waals surface area (Å²) in [5.74, 6) is -3.46. The molecule has 0 bridgehead atoms. The zero-order chi connectivity index (χ0) is 32.7. The highest BCUT2D eigenvalue weighted by Gasteiger charge is 2.57. The van der Waals surface area contributed by atoms with Crippen molar-refractivity contribution in [2.24, 2.45) is 5.92 Å². The topological polar surface area (TPSA) is 144 Å². The van der Waals surface area contributed by atoms with Crippen LogP contribution in [0.1, 0.15) is 33.6 Å². The van der Waals surface area contributed by atoms with Crippen LogP contribution in [0.4, 0.5) is 11.4 Å². The molecule has 1 aromatic heterocycles. The molecule has 1 fully saturated rings. The van der Waals surface area contributed by atoms with Crippen LogP contribution in [0.15, 0.2) is 76.6 Å². The SMILES string of the molecule is CCOC(=O)c1ccc(NC(=O)Cn2c3c(sc2=O)[C@@H](c2ccc(O)c(OC)c2)[C@H]2C(=O)N(c4ccc(Cl)cc4)C(=O)[C@H]2S3)cc1. The number of phenols is 1. The van der Waals surface area contributed by atoms with Gasteiger partial charge in [0.05, 0.1) is 35.9 Å². The Morgan fingerprint density at radius 2 is 1.72 bits per heavy atom. The van der Waals surface area contributed by atoms with Crippen LogP contribution >= 0.6 is 34.7 Å². The minimum Gasteiger partial charge on any atom is -0.504 e. The number of methoxy groups -OCH3 is 1. The molecule has 3 aromatic carbocycles. The Kier molecular flexibility index (Phi) is 8.64. The maximum absolute atomic E-state index is 14.0. The van der Waals surface area contributed by atoms with Gasteiger partial charge in [-0.05, 0) is 73.2 Å². The summed E-state index contributed by atoms with van der Waals surface area (Å²) < 4.78 is 11.6. The average Bonchev–Trinajstić information content (AvgIpc) is 3.48. The molecule has 2 aliphatic rings. The number of thioether (sulfide) groups is 1. The van der Waals surface area contributed by atoms with E-state index in [-0.39, 0.29) is 24.7 Å². The van der Waals surface area contributed by atoms with E-state index < -0.39 is 45.6 Å². The first-order chi connectivity index (χ1) is 22.1. The Labute approximate surface area is 275 Å². The van der Waals surface area contributed by atoms with Crippen molar-refractivity contribution in [2.75, 3.05) is 23.9 Å². The summed E-state index contributed by atoms with van der Waals surface area (Å²) in [6, 6.07) is 17.2. The van der Waals surface area contributed by atoms with E-state index in [9.17, 15) is 29.1 Å². The monoisotopic (exact) mass is 679 g/mol.